The first kappa shape index (κ1) is 17.0. The van der Waals surface area contributed by atoms with Crippen LogP contribution in [-0.4, -0.2) is 24.8 Å². The lowest BCUT2D eigenvalue weighted by Gasteiger charge is -2.26. The molecule has 0 aliphatic carbocycles. The number of nitrogens with zero attached hydrogens (tertiary/aromatic N) is 2. The molecule has 4 heteroatoms. The summed E-state index contributed by atoms with van der Waals surface area (Å²) in [4.78, 5) is 12.8. The molecule has 4 nitrogen and oxygen atoms in total. The zero-order valence-electron chi connectivity index (χ0n) is 15.0. The normalized spacial score (nSPS) is 18.9. The van der Waals surface area contributed by atoms with Gasteiger partial charge in [-0.15, -0.1) is 0 Å². The van der Waals surface area contributed by atoms with Crippen molar-refractivity contribution in [2.45, 2.75) is 12.0 Å². The molecule has 27 heavy (non-hydrogen) atoms. The van der Waals surface area contributed by atoms with Gasteiger partial charge in [0.05, 0.1) is 24.4 Å². The van der Waals surface area contributed by atoms with E-state index in [-0.39, 0.29) is 11.9 Å². The lowest BCUT2D eigenvalue weighted by molar-refractivity contribution is -0.142. The lowest BCUT2D eigenvalue weighted by Crippen LogP contribution is -2.40. The molecular weight excluding hydrogens is 336 g/mol. The second kappa shape index (κ2) is 7.46. The predicted octanol–water partition coefficient (Wildman–Crippen LogP) is 4.24. The highest BCUT2D eigenvalue weighted by molar-refractivity contribution is 6.11. The molecule has 2 atom stereocenters. The Morgan fingerprint density at radius 2 is 1.41 bits per heavy atom. The van der Waals surface area contributed by atoms with Crippen LogP contribution in [0.25, 0.3) is 0 Å². The summed E-state index contributed by atoms with van der Waals surface area (Å²) in [6.45, 7) is 0. The Balaban J connectivity index is 1.89. The number of para-hydroxylation sites is 1. The van der Waals surface area contributed by atoms with Crippen molar-refractivity contribution in [3.8, 4) is 0 Å². The van der Waals surface area contributed by atoms with Crippen LogP contribution in [-0.2, 0) is 9.53 Å². The number of hydrogen-bond donors (Lipinski definition) is 0. The van der Waals surface area contributed by atoms with Crippen LogP contribution in [0.2, 0.25) is 0 Å². The van der Waals surface area contributed by atoms with Crippen LogP contribution < -0.4 is 5.01 Å². The van der Waals surface area contributed by atoms with E-state index < -0.39 is 6.04 Å². The minimum Gasteiger partial charge on any atom is -0.467 e. The van der Waals surface area contributed by atoms with Crippen LogP contribution in [0.3, 0.4) is 0 Å². The molecule has 134 valence electrons. The first-order chi connectivity index (χ1) is 13.3. The summed E-state index contributed by atoms with van der Waals surface area (Å²) in [6, 6.07) is 29.2. The maximum absolute atomic E-state index is 12.8. The smallest absolute Gasteiger partial charge is 0.331 e. The summed E-state index contributed by atoms with van der Waals surface area (Å²) >= 11 is 0. The van der Waals surface area contributed by atoms with Crippen molar-refractivity contribution in [2.24, 2.45) is 5.10 Å². The Labute approximate surface area is 158 Å². The highest BCUT2D eigenvalue weighted by Gasteiger charge is 2.44. The molecule has 0 unspecified atom stereocenters. The van der Waals surface area contributed by atoms with E-state index in [2.05, 4.69) is 0 Å². The second-order valence-corrected chi connectivity index (χ2v) is 6.39. The molecule has 0 saturated heterocycles. The standard InChI is InChI=1S/C23H20N2O2/c1-27-23(26)22-20(17-11-5-2-6-12-17)21(18-13-7-3-8-14-18)24-25(22)19-15-9-4-10-16-19/h2-16,20,22H,1H3/t20-,22+/m0/s1. The largest absolute Gasteiger partial charge is 0.467 e. The number of esters is 1. The van der Waals surface area contributed by atoms with Crippen LogP contribution in [0.15, 0.2) is 96.1 Å². The third kappa shape index (κ3) is 3.22. The highest BCUT2D eigenvalue weighted by atomic mass is 16.5. The van der Waals surface area contributed by atoms with Gasteiger partial charge >= 0.3 is 5.97 Å². The number of benzene rings is 3. The van der Waals surface area contributed by atoms with Crippen LogP contribution in [0.5, 0.6) is 0 Å². The molecule has 0 radical (unpaired) electrons. The van der Waals surface area contributed by atoms with Gasteiger partial charge in [0.2, 0.25) is 0 Å². The van der Waals surface area contributed by atoms with Gasteiger partial charge in [0.15, 0.2) is 6.04 Å². The Bertz CT molecular complexity index is 940. The summed E-state index contributed by atoms with van der Waals surface area (Å²) in [5.74, 6) is -0.524. The van der Waals surface area contributed by atoms with Gasteiger partial charge in [-0.3, -0.25) is 0 Å². The predicted molar refractivity (Wildman–Crippen MR) is 107 cm³/mol. The zero-order valence-corrected chi connectivity index (χ0v) is 15.0. The highest BCUT2D eigenvalue weighted by Crippen LogP contribution is 2.37. The molecule has 0 aromatic heterocycles. The van der Waals surface area contributed by atoms with Crippen LogP contribution in [0, 0.1) is 0 Å². The van der Waals surface area contributed by atoms with Gasteiger partial charge in [0.1, 0.15) is 0 Å². The third-order valence-electron chi connectivity index (χ3n) is 4.78. The Kier molecular flexibility index (Phi) is 4.71. The minimum atomic E-state index is -0.560. The average molecular weight is 356 g/mol. The molecule has 1 aliphatic heterocycles. The van der Waals surface area contributed by atoms with Crippen molar-refractivity contribution in [1.82, 2.24) is 0 Å². The summed E-state index contributed by atoms with van der Waals surface area (Å²) < 4.78 is 5.17. The number of hydrazone groups is 1. The van der Waals surface area contributed by atoms with E-state index in [0.717, 1.165) is 22.5 Å². The SMILES string of the molecule is COC(=O)[C@H]1[C@@H](c2ccccc2)C(c2ccccc2)=NN1c1ccccc1. The molecule has 0 amide bonds. The summed E-state index contributed by atoms with van der Waals surface area (Å²) in [6.07, 6.45) is 0. The number of carbonyl (C=O) groups is 1. The molecule has 0 N–H and O–H groups in total. The summed E-state index contributed by atoms with van der Waals surface area (Å²) in [5, 5.41) is 6.67. The van der Waals surface area contributed by atoms with Crippen LogP contribution in [0.4, 0.5) is 5.69 Å². The van der Waals surface area contributed by atoms with Gasteiger partial charge in [-0.25, -0.2) is 9.80 Å². The van der Waals surface area contributed by atoms with Gasteiger partial charge in [-0.2, -0.15) is 5.10 Å². The topological polar surface area (TPSA) is 41.9 Å². The van der Waals surface area contributed by atoms with Gasteiger partial charge in [0, 0.05) is 0 Å². The Morgan fingerprint density at radius 3 is 2.00 bits per heavy atom. The third-order valence-corrected chi connectivity index (χ3v) is 4.78. The molecular formula is C23H20N2O2. The summed E-state index contributed by atoms with van der Waals surface area (Å²) in [7, 11) is 1.42. The maximum Gasteiger partial charge on any atom is 0.331 e. The zero-order chi connectivity index (χ0) is 18.6. The van der Waals surface area contributed by atoms with E-state index in [1.54, 1.807) is 5.01 Å². The molecule has 0 spiro atoms. The van der Waals surface area contributed by atoms with Crippen molar-refractivity contribution < 1.29 is 9.53 Å². The van der Waals surface area contributed by atoms with Crippen molar-refractivity contribution in [1.29, 1.82) is 0 Å². The Morgan fingerprint density at radius 1 is 0.852 bits per heavy atom. The van der Waals surface area contributed by atoms with Crippen LogP contribution >= 0.6 is 0 Å². The molecule has 4 rings (SSSR count). The van der Waals surface area contributed by atoms with Crippen molar-refractivity contribution in [2.75, 3.05) is 12.1 Å². The second-order valence-electron chi connectivity index (χ2n) is 6.39. The fourth-order valence-electron chi connectivity index (χ4n) is 3.53. The average Bonchev–Trinajstić information content (AvgIpc) is 3.16. The van der Waals surface area contributed by atoms with Crippen LogP contribution in [0.1, 0.15) is 17.0 Å². The van der Waals surface area contributed by atoms with E-state index >= 15 is 0 Å². The summed E-state index contributed by atoms with van der Waals surface area (Å²) in [5.41, 5.74) is 3.76. The van der Waals surface area contributed by atoms with Gasteiger partial charge in [-0.05, 0) is 23.3 Å². The number of ether oxygens (including phenoxy) is 1. The van der Waals surface area contributed by atoms with Gasteiger partial charge in [-0.1, -0.05) is 78.9 Å². The fourth-order valence-corrected chi connectivity index (χ4v) is 3.53. The quantitative estimate of drug-likeness (QED) is 0.657. The maximum atomic E-state index is 12.8. The first-order valence-electron chi connectivity index (χ1n) is 8.90. The number of anilines is 1. The molecule has 1 aliphatic rings. The van der Waals surface area contributed by atoms with Gasteiger partial charge < -0.3 is 4.74 Å². The number of carbonyl (C=O) groups excluding carboxylic acids is 1. The molecule has 0 bridgehead atoms. The lowest BCUT2D eigenvalue weighted by atomic mass is 9.85. The minimum absolute atomic E-state index is 0.221. The van der Waals surface area contributed by atoms with Crippen molar-refractivity contribution in [3.05, 3.63) is 102 Å². The molecule has 1 heterocycles. The van der Waals surface area contributed by atoms with Crippen molar-refractivity contribution >= 4 is 17.4 Å². The van der Waals surface area contributed by atoms with E-state index in [1.807, 2.05) is 91.0 Å². The van der Waals surface area contributed by atoms with E-state index in [0.29, 0.717) is 0 Å². The number of rotatable bonds is 4. The van der Waals surface area contributed by atoms with E-state index in [9.17, 15) is 4.79 Å². The number of methoxy groups -OCH3 is 1. The monoisotopic (exact) mass is 356 g/mol. The first-order valence-corrected chi connectivity index (χ1v) is 8.90. The fraction of sp³-hybridized carbons (Fsp3) is 0.130. The van der Waals surface area contributed by atoms with E-state index in [1.165, 1.54) is 7.11 Å². The van der Waals surface area contributed by atoms with Crippen molar-refractivity contribution in [3.63, 3.8) is 0 Å². The molecule has 0 saturated carbocycles. The number of hydrogen-bond acceptors (Lipinski definition) is 4. The van der Waals surface area contributed by atoms with E-state index in [4.69, 9.17) is 9.84 Å². The molecule has 0 fully saturated rings. The molecule has 3 aromatic rings. The van der Waals surface area contributed by atoms with Gasteiger partial charge in [0.25, 0.3) is 0 Å². The Hall–Kier alpha value is -3.40. The molecule has 3 aromatic carbocycles.